The lowest BCUT2D eigenvalue weighted by Gasteiger charge is -2.07. The van der Waals surface area contributed by atoms with E-state index < -0.39 is 0 Å². The minimum atomic E-state index is 0.474. The van der Waals surface area contributed by atoms with Crippen LogP contribution in [0.15, 0.2) is 12.3 Å². The molecule has 0 radical (unpaired) electrons. The second-order valence-corrected chi connectivity index (χ2v) is 3.40. The molecule has 0 fully saturated rings. The normalized spacial score (nSPS) is 9.75. The minimum absolute atomic E-state index is 0.474. The monoisotopic (exact) mass is 220 g/mol. The van der Waals surface area contributed by atoms with Gasteiger partial charge in [0.05, 0.1) is 11.3 Å². The highest BCUT2D eigenvalue weighted by Crippen LogP contribution is 2.15. The number of anilines is 2. The highest BCUT2D eigenvalue weighted by molar-refractivity contribution is 5.62. The molecule has 0 aliphatic heterocycles. The lowest BCUT2D eigenvalue weighted by molar-refractivity contribution is 0.194. The number of nitrogen functional groups attached to an aromatic ring is 1. The zero-order chi connectivity index (χ0) is 11.8. The molecule has 0 saturated heterocycles. The molecule has 0 atom stereocenters. The predicted molar refractivity (Wildman–Crippen MR) is 63.0 cm³/mol. The van der Waals surface area contributed by atoms with Gasteiger partial charge < -0.3 is 15.8 Å². The van der Waals surface area contributed by atoms with Crippen molar-refractivity contribution >= 4 is 11.5 Å². The van der Waals surface area contributed by atoms with E-state index in [4.69, 9.17) is 15.7 Å². The van der Waals surface area contributed by atoms with Gasteiger partial charge in [0.2, 0.25) is 0 Å². The van der Waals surface area contributed by atoms with Crippen molar-refractivity contribution in [1.82, 2.24) is 4.98 Å². The number of methoxy groups -OCH3 is 1. The molecule has 1 aromatic rings. The Morgan fingerprint density at radius 3 is 3.00 bits per heavy atom. The highest BCUT2D eigenvalue weighted by atomic mass is 16.5. The molecule has 0 bridgehead atoms. The molecular formula is C11H16N4O. The first-order valence-electron chi connectivity index (χ1n) is 5.16. The van der Waals surface area contributed by atoms with Crippen molar-refractivity contribution in [1.29, 1.82) is 5.26 Å². The first-order chi connectivity index (χ1) is 7.77. The summed E-state index contributed by atoms with van der Waals surface area (Å²) in [5.41, 5.74) is 6.72. The van der Waals surface area contributed by atoms with E-state index in [1.807, 2.05) is 6.07 Å². The van der Waals surface area contributed by atoms with Crippen molar-refractivity contribution in [2.24, 2.45) is 0 Å². The molecule has 0 aliphatic rings. The molecule has 86 valence electrons. The molecule has 0 saturated carbocycles. The van der Waals surface area contributed by atoms with Crippen molar-refractivity contribution in [2.75, 3.05) is 31.3 Å². The Morgan fingerprint density at radius 1 is 1.56 bits per heavy atom. The quantitative estimate of drug-likeness (QED) is 0.707. The Labute approximate surface area is 95.2 Å². The Balaban J connectivity index is 2.40. The van der Waals surface area contributed by atoms with Gasteiger partial charge in [0.1, 0.15) is 11.9 Å². The highest BCUT2D eigenvalue weighted by Gasteiger charge is 2.01. The predicted octanol–water partition coefficient (Wildman–Crippen LogP) is 1.37. The van der Waals surface area contributed by atoms with Crippen LogP contribution in [-0.4, -0.2) is 25.2 Å². The fourth-order valence-corrected chi connectivity index (χ4v) is 1.27. The van der Waals surface area contributed by atoms with E-state index >= 15 is 0 Å². The van der Waals surface area contributed by atoms with E-state index in [2.05, 4.69) is 10.3 Å². The van der Waals surface area contributed by atoms with Crippen LogP contribution in [0, 0.1) is 11.3 Å². The third kappa shape index (κ3) is 3.75. The molecule has 16 heavy (non-hydrogen) atoms. The van der Waals surface area contributed by atoms with Crippen LogP contribution in [0.1, 0.15) is 18.4 Å². The van der Waals surface area contributed by atoms with Crippen LogP contribution in [0.3, 0.4) is 0 Å². The van der Waals surface area contributed by atoms with E-state index in [0.717, 1.165) is 26.0 Å². The summed E-state index contributed by atoms with van der Waals surface area (Å²) in [7, 11) is 1.69. The molecule has 0 spiro atoms. The number of hydrogen-bond donors (Lipinski definition) is 2. The Bertz CT molecular complexity index is 373. The lowest BCUT2D eigenvalue weighted by Crippen LogP contribution is -2.07. The van der Waals surface area contributed by atoms with Crippen LogP contribution in [-0.2, 0) is 4.74 Å². The van der Waals surface area contributed by atoms with E-state index in [1.54, 1.807) is 13.2 Å². The molecule has 1 rings (SSSR count). The number of ether oxygens (including phenoxy) is 1. The molecule has 1 heterocycles. The van der Waals surface area contributed by atoms with Crippen molar-refractivity contribution in [3.8, 4) is 6.07 Å². The van der Waals surface area contributed by atoms with E-state index in [0.29, 0.717) is 17.1 Å². The molecular weight excluding hydrogens is 204 g/mol. The van der Waals surface area contributed by atoms with E-state index in [-0.39, 0.29) is 0 Å². The number of rotatable bonds is 6. The smallest absolute Gasteiger partial charge is 0.149 e. The molecule has 0 unspecified atom stereocenters. The summed E-state index contributed by atoms with van der Waals surface area (Å²) in [5.74, 6) is 0.636. The van der Waals surface area contributed by atoms with Gasteiger partial charge in [0, 0.05) is 26.5 Å². The molecule has 5 heteroatoms. The number of aromatic nitrogens is 1. The Kier molecular flexibility index (Phi) is 5.09. The zero-order valence-corrected chi connectivity index (χ0v) is 9.36. The van der Waals surface area contributed by atoms with Crippen LogP contribution >= 0.6 is 0 Å². The van der Waals surface area contributed by atoms with Crippen molar-refractivity contribution < 1.29 is 4.74 Å². The number of nitrogens with zero attached hydrogens (tertiary/aromatic N) is 2. The summed E-state index contributed by atoms with van der Waals surface area (Å²) in [6.45, 7) is 1.56. The second-order valence-electron chi connectivity index (χ2n) is 3.40. The summed E-state index contributed by atoms with van der Waals surface area (Å²) >= 11 is 0. The van der Waals surface area contributed by atoms with Gasteiger partial charge in [-0.2, -0.15) is 5.26 Å². The van der Waals surface area contributed by atoms with E-state index in [1.165, 1.54) is 6.20 Å². The molecule has 0 aliphatic carbocycles. The number of nitrogens with two attached hydrogens (primary N) is 1. The number of hydrogen-bond acceptors (Lipinski definition) is 5. The number of nitrogens with one attached hydrogen (secondary N) is 1. The number of nitriles is 1. The Hall–Kier alpha value is -1.80. The standard InChI is InChI=1S/C11H16N4O/c1-16-5-3-2-4-14-11-10(13)6-9(7-12)8-15-11/h6,8H,2-5,13H2,1H3,(H,14,15). The summed E-state index contributed by atoms with van der Waals surface area (Å²) < 4.78 is 4.94. The topological polar surface area (TPSA) is 84.0 Å². The largest absolute Gasteiger partial charge is 0.396 e. The van der Waals surface area contributed by atoms with Gasteiger partial charge in [0.25, 0.3) is 0 Å². The summed E-state index contributed by atoms with van der Waals surface area (Å²) in [6, 6.07) is 3.61. The maximum Gasteiger partial charge on any atom is 0.149 e. The Morgan fingerprint density at radius 2 is 2.38 bits per heavy atom. The minimum Gasteiger partial charge on any atom is -0.396 e. The molecule has 0 aromatic carbocycles. The van der Waals surface area contributed by atoms with Gasteiger partial charge in [0.15, 0.2) is 0 Å². The van der Waals surface area contributed by atoms with Crippen LogP contribution in [0.25, 0.3) is 0 Å². The zero-order valence-electron chi connectivity index (χ0n) is 9.36. The van der Waals surface area contributed by atoms with Crippen LogP contribution in [0.2, 0.25) is 0 Å². The van der Waals surface area contributed by atoms with Gasteiger partial charge in [-0.15, -0.1) is 0 Å². The maximum absolute atomic E-state index is 8.65. The summed E-state index contributed by atoms with van der Waals surface area (Å²) in [5, 5.41) is 11.8. The van der Waals surface area contributed by atoms with Crippen molar-refractivity contribution in [2.45, 2.75) is 12.8 Å². The first-order valence-corrected chi connectivity index (χ1v) is 5.16. The summed E-state index contributed by atoms with van der Waals surface area (Å²) in [6.07, 6.45) is 3.50. The van der Waals surface area contributed by atoms with Crippen LogP contribution in [0.5, 0.6) is 0 Å². The second kappa shape index (κ2) is 6.64. The van der Waals surface area contributed by atoms with Gasteiger partial charge in [-0.3, -0.25) is 0 Å². The molecule has 0 amide bonds. The third-order valence-electron chi connectivity index (χ3n) is 2.11. The van der Waals surface area contributed by atoms with Gasteiger partial charge in [-0.05, 0) is 18.9 Å². The molecule has 1 aromatic heterocycles. The fraction of sp³-hybridized carbons (Fsp3) is 0.455. The van der Waals surface area contributed by atoms with E-state index in [9.17, 15) is 0 Å². The van der Waals surface area contributed by atoms with Crippen LogP contribution < -0.4 is 11.1 Å². The fourth-order valence-electron chi connectivity index (χ4n) is 1.27. The molecule has 3 N–H and O–H groups in total. The van der Waals surface area contributed by atoms with Gasteiger partial charge >= 0.3 is 0 Å². The first kappa shape index (κ1) is 12.3. The molecule has 5 nitrogen and oxygen atoms in total. The van der Waals surface area contributed by atoms with Crippen molar-refractivity contribution in [3.05, 3.63) is 17.8 Å². The average Bonchev–Trinajstić information content (AvgIpc) is 2.30. The summed E-state index contributed by atoms with van der Waals surface area (Å²) in [4.78, 5) is 4.08. The van der Waals surface area contributed by atoms with Gasteiger partial charge in [-0.25, -0.2) is 4.98 Å². The van der Waals surface area contributed by atoms with Crippen LogP contribution in [0.4, 0.5) is 11.5 Å². The number of unbranched alkanes of at least 4 members (excludes halogenated alkanes) is 1. The average molecular weight is 220 g/mol. The number of pyridine rings is 1. The van der Waals surface area contributed by atoms with Crippen molar-refractivity contribution in [3.63, 3.8) is 0 Å². The lowest BCUT2D eigenvalue weighted by atomic mass is 10.2. The van der Waals surface area contributed by atoms with Gasteiger partial charge in [-0.1, -0.05) is 0 Å². The SMILES string of the molecule is COCCCCNc1ncc(C#N)cc1N. The maximum atomic E-state index is 8.65. The third-order valence-corrected chi connectivity index (χ3v) is 2.11.